The summed E-state index contributed by atoms with van der Waals surface area (Å²) in [4.78, 5) is 0. The number of aryl methyl sites for hydroxylation is 4. The van der Waals surface area contributed by atoms with E-state index >= 15 is 0 Å². The summed E-state index contributed by atoms with van der Waals surface area (Å²) in [5, 5.41) is 0. The second-order valence-electron chi connectivity index (χ2n) is 7.14. The fourth-order valence-corrected chi connectivity index (χ4v) is 3.49. The van der Waals surface area contributed by atoms with Crippen LogP contribution >= 0.6 is 0 Å². The first-order chi connectivity index (χ1) is 13.8. The van der Waals surface area contributed by atoms with Gasteiger partial charge in [0.2, 0.25) is 0 Å². The minimum Gasteiger partial charge on any atom is -0.497 e. The molecule has 0 spiro atoms. The van der Waals surface area contributed by atoms with E-state index in [-0.39, 0.29) is 0 Å². The highest BCUT2D eigenvalue weighted by Gasteiger charge is 2.11. The van der Waals surface area contributed by atoms with Crippen LogP contribution in [0.25, 0.3) is 0 Å². The molecule has 0 radical (unpaired) electrons. The molecular formula is C25H26O3. The molecule has 0 aliphatic carbocycles. The molecule has 3 aromatic rings. The maximum Gasteiger partial charge on any atom is 0.161 e. The lowest BCUT2D eigenvalue weighted by molar-refractivity contribution is 0.171. The molecule has 1 aliphatic rings. The number of ether oxygens (including phenoxy) is 3. The van der Waals surface area contributed by atoms with Crippen LogP contribution in [0.5, 0.6) is 17.2 Å². The number of benzene rings is 3. The quantitative estimate of drug-likeness (QED) is 0.580. The molecule has 144 valence electrons. The molecule has 3 heteroatoms. The van der Waals surface area contributed by atoms with Crippen molar-refractivity contribution in [3.05, 3.63) is 89.0 Å². The number of hydrogen-bond acceptors (Lipinski definition) is 3. The highest BCUT2D eigenvalue weighted by Crippen LogP contribution is 2.31. The lowest BCUT2D eigenvalue weighted by atomic mass is 10.00. The Hall–Kier alpha value is -2.94. The summed E-state index contributed by atoms with van der Waals surface area (Å²) in [5.74, 6) is 2.64. The number of fused-ring (bicyclic) bond motifs is 1. The van der Waals surface area contributed by atoms with Gasteiger partial charge >= 0.3 is 0 Å². The van der Waals surface area contributed by atoms with Crippen LogP contribution in [0, 0.1) is 0 Å². The van der Waals surface area contributed by atoms with Gasteiger partial charge in [0.1, 0.15) is 19.0 Å². The largest absolute Gasteiger partial charge is 0.497 e. The van der Waals surface area contributed by atoms with Gasteiger partial charge in [-0.2, -0.15) is 0 Å². The SMILES string of the molecule is COc1ccc(CCc2ccc(CCc3ccc4c(c3)OCCO4)cc2)cc1. The lowest BCUT2D eigenvalue weighted by Crippen LogP contribution is -2.15. The van der Waals surface area contributed by atoms with Crippen molar-refractivity contribution in [1.29, 1.82) is 0 Å². The van der Waals surface area contributed by atoms with Crippen LogP contribution in [-0.2, 0) is 25.7 Å². The van der Waals surface area contributed by atoms with Crippen molar-refractivity contribution in [2.24, 2.45) is 0 Å². The molecule has 1 aliphatic heterocycles. The first kappa shape index (κ1) is 18.4. The first-order valence-electron chi connectivity index (χ1n) is 9.89. The molecule has 0 saturated carbocycles. The van der Waals surface area contributed by atoms with E-state index in [1.54, 1.807) is 7.11 Å². The molecule has 0 amide bonds. The van der Waals surface area contributed by atoms with Gasteiger partial charge in [-0.3, -0.25) is 0 Å². The van der Waals surface area contributed by atoms with E-state index in [2.05, 4.69) is 48.5 Å². The maximum atomic E-state index is 5.68. The van der Waals surface area contributed by atoms with Gasteiger partial charge in [0.15, 0.2) is 11.5 Å². The predicted molar refractivity (Wildman–Crippen MR) is 112 cm³/mol. The molecular weight excluding hydrogens is 348 g/mol. The number of hydrogen-bond donors (Lipinski definition) is 0. The summed E-state index contributed by atoms with van der Waals surface area (Å²) in [6, 6.07) is 23.6. The minimum atomic E-state index is 0.633. The molecule has 1 heterocycles. The molecule has 3 nitrogen and oxygen atoms in total. The Morgan fingerprint density at radius 3 is 1.64 bits per heavy atom. The molecule has 0 saturated heterocycles. The Morgan fingerprint density at radius 1 is 0.607 bits per heavy atom. The van der Waals surface area contributed by atoms with Gasteiger partial charge in [-0.25, -0.2) is 0 Å². The molecule has 4 rings (SSSR count). The molecule has 0 fully saturated rings. The summed E-state index contributed by atoms with van der Waals surface area (Å²) in [6.45, 7) is 1.27. The average Bonchev–Trinajstić information content (AvgIpc) is 2.77. The van der Waals surface area contributed by atoms with Crippen LogP contribution < -0.4 is 14.2 Å². The van der Waals surface area contributed by atoms with Gasteiger partial charge in [0, 0.05) is 0 Å². The zero-order chi connectivity index (χ0) is 19.2. The Morgan fingerprint density at radius 2 is 1.07 bits per heavy atom. The highest BCUT2D eigenvalue weighted by atomic mass is 16.6. The minimum absolute atomic E-state index is 0.633. The van der Waals surface area contributed by atoms with Crippen molar-refractivity contribution >= 4 is 0 Å². The van der Waals surface area contributed by atoms with E-state index in [1.807, 2.05) is 18.2 Å². The average molecular weight is 374 g/mol. The second kappa shape index (κ2) is 8.83. The molecule has 0 atom stereocenters. The van der Waals surface area contributed by atoms with Crippen LogP contribution in [0.15, 0.2) is 66.7 Å². The van der Waals surface area contributed by atoms with Crippen molar-refractivity contribution in [2.45, 2.75) is 25.7 Å². The second-order valence-corrected chi connectivity index (χ2v) is 7.14. The van der Waals surface area contributed by atoms with Crippen LogP contribution in [0.2, 0.25) is 0 Å². The standard InChI is InChI=1S/C25H26O3/c1-26-23-13-10-21(11-14-23)7-6-19-2-4-20(5-3-19)8-9-22-12-15-24-25(18-22)28-17-16-27-24/h2-5,10-15,18H,6-9,16-17H2,1H3. The van der Waals surface area contributed by atoms with Crippen LogP contribution in [-0.4, -0.2) is 20.3 Å². The van der Waals surface area contributed by atoms with E-state index < -0.39 is 0 Å². The smallest absolute Gasteiger partial charge is 0.161 e. The van der Waals surface area contributed by atoms with Crippen molar-refractivity contribution in [3.63, 3.8) is 0 Å². The van der Waals surface area contributed by atoms with Crippen molar-refractivity contribution in [3.8, 4) is 17.2 Å². The fourth-order valence-electron chi connectivity index (χ4n) is 3.49. The zero-order valence-corrected chi connectivity index (χ0v) is 16.3. The predicted octanol–water partition coefficient (Wildman–Crippen LogP) is 5.04. The topological polar surface area (TPSA) is 27.7 Å². The van der Waals surface area contributed by atoms with Crippen molar-refractivity contribution < 1.29 is 14.2 Å². The first-order valence-corrected chi connectivity index (χ1v) is 9.89. The van der Waals surface area contributed by atoms with E-state index in [4.69, 9.17) is 14.2 Å². The third kappa shape index (κ3) is 4.66. The molecule has 0 unspecified atom stereocenters. The molecule has 3 aromatic carbocycles. The van der Waals surface area contributed by atoms with Crippen molar-refractivity contribution in [2.75, 3.05) is 20.3 Å². The van der Waals surface area contributed by atoms with Gasteiger partial charge in [-0.1, -0.05) is 42.5 Å². The monoisotopic (exact) mass is 374 g/mol. The molecule has 28 heavy (non-hydrogen) atoms. The summed E-state index contributed by atoms with van der Waals surface area (Å²) >= 11 is 0. The van der Waals surface area contributed by atoms with Gasteiger partial charge in [-0.15, -0.1) is 0 Å². The zero-order valence-electron chi connectivity index (χ0n) is 16.3. The lowest BCUT2D eigenvalue weighted by Gasteiger charge is -2.18. The van der Waals surface area contributed by atoms with Crippen LogP contribution in [0.1, 0.15) is 22.3 Å². The third-order valence-corrected chi connectivity index (χ3v) is 5.19. The number of methoxy groups -OCH3 is 1. The normalized spacial score (nSPS) is 12.6. The molecule has 0 aromatic heterocycles. The summed E-state index contributed by atoms with van der Waals surface area (Å²) in [5.41, 5.74) is 5.36. The van der Waals surface area contributed by atoms with Gasteiger partial charge in [-0.05, 0) is 72.2 Å². The van der Waals surface area contributed by atoms with Crippen molar-refractivity contribution in [1.82, 2.24) is 0 Å². The fraction of sp³-hybridized carbons (Fsp3) is 0.280. The van der Waals surface area contributed by atoms with Crippen LogP contribution in [0.3, 0.4) is 0 Å². The van der Waals surface area contributed by atoms with E-state index in [9.17, 15) is 0 Å². The molecule has 0 bridgehead atoms. The van der Waals surface area contributed by atoms with E-state index in [0.29, 0.717) is 13.2 Å². The van der Waals surface area contributed by atoms with E-state index in [1.165, 1.54) is 22.3 Å². The Labute approximate surface area is 166 Å². The molecule has 0 N–H and O–H groups in total. The summed E-state index contributed by atoms with van der Waals surface area (Å²) in [7, 11) is 1.70. The highest BCUT2D eigenvalue weighted by molar-refractivity contribution is 5.44. The van der Waals surface area contributed by atoms with Gasteiger partial charge < -0.3 is 14.2 Å². The third-order valence-electron chi connectivity index (χ3n) is 5.19. The van der Waals surface area contributed by atoms with Gasteiger partial charge in [0.25, 0.3) is 0 Å². The summed E-state index contributed by atoms with van der Waals surface area (Å²) in [6.07, 6.45) is 4.12. The number of rotatable bonds is 7. The Balaban J connectivity index is 1.29. The Bertz CT molecular complexity index is 898. The summed E-state index contributed by atoms with van der Waals surface area (Å²) < 4.78 is 16.5. The van der Waals surface area contributed by atoms with Gasteiger partial charge in [0.05, 0.1) is 7.11 Å². The van der Waals surface area contributed by atoms with Crippen LogP contribution in [0.4, 0.5) is 0 Å². The Kier molecular flexibility index (Phi) is 5.81. The maximum absolute atomic E-state index is 5.68. The van der Waals surface area contributed by atoms with E-state index in [0.717, 1.165) is 42.9 Å².